The number of piperazine rings is 1. The third-order valence-electron chi connectivity index (χ3n) is 4.27. The van der Waals surface area contributed by atoms with Gasteiger partial charge in [0.1, 0.15) is 0 Å². The number of phenolic OH excluding ortho intramolecular Hbond substituents is 1. The highest BCUT2D eigenvalue weighted by Crippen LogP contribution is 2.35. The van der Waals surface area contributed by atoms with Crippen molar-refractivity contribution in [2.24, 2.45) is 5.92 Å². The summed E-state index contributed by atoms with van der Waals surface area (Å²) in [6, 6.07) is 6.16. The molecule has 1 aliphatic heterocycles. The van der Waals surface area contributed by atoms with Gasteiger partial charge in [0.2, 0.25) is 0 Å². The molecule has 0 amide bonds. The molecule has 0 aliphatic carbocycles. The molecular weight excluding hydrogens is 252 g/mol. The molecule has 0 aromatic heterocycles. The fraction of sp³-hybridized carbons (Fsp3) is 0.625. The van der Waals surface area contributed by atoms with Crippen molar-refractivity contribution in [2.75, 3.05) is 33.3 Å². The van der Waals surface area contributed by atoms with Gasteiger partial charge in [-0.1, -0.05) is 26.3 Å². The zero-order valence-corrected chi connectivity index (χ0v) is 12.7. The Morgan fingerprint density at radius 2 is 2.05 bits per heavy atom. The van der Waals surface area contributed by atoms with E-state index in [0.29, 0.717) is 17.7 Å². The van der Waals surface area contributed by atoms with Crippen LogP contribution in [-0.4, -0.2) is 43.3 Å². The number of hydrogen-bond acceptors (Lipinski definition) is 4. The highest BCUT2D eigenvalue weighted by Gasteiger charge is 2.27. The molecule has 1 aliphatic rings. The first kappa shape index (κ1) is 15.1. The number of nitrogens with zero attached hydrogens (tertiary/aromatic N) is 1. The maximum Gasteiger partial charge on any atom is 0.160 e. The molecule has 0 saturated carbocycles. The van der Waals surface area contributed by atoms with Crippen LogP contribution in [0.1, 0.15) is 31.9 Å². The van der Waals surface area contributed by atoms with E-state index in [0.717, 1.165) is 32.6 Å². The molecule has 1 saturated heterocycles. The van der Waals surface area contributed by atoms with Crippen LogP contribution in [0, 0.1) is 5.92 Å². The van der Waals surface area contributed by atoms with Gasteiger partial charge in [0.15, 0.2) is 11.5 Å². The van der Waals surface area contributed by atoms with E-state index in [1.165, 1.54) is 5.56 Å². The van der Waals surface area contributed by atoms with Crippen LogP contribution in [-0.2, 0) is 0 Å². The lowest BCUT2D eigenvalue weighted by molar-refractivity contribution is 0.128. The molecule has 0 spiro atoms. The first-order valence-corrected chi connectivity index (χ1v) is 7.49. The van der Waals surface area contributed by atoms with Gasteiger partial charge < -0.3 is 15.2 Å². The molecule has 4 heteroatoms. The van der Waals surface area contributed by atoms with Crippen molar-refractivity contribution in [3.8, 4) is 11.5 Å². The van der Waals surface area contributed by atoms with Gasteiger partial charge in [0.25, 0.3) is 0 Å². The zero-order chi connectivity index (χ0) is 14.5. The lowest BCUT2D eigenvalue weighted by Crippen LogP contribution is -2.46. The second-order valence-corrected chi connectivity index (χ2v) is 5.55. The second kappa shape index (κ2) is 6.95. The average molecular weight is 278 g/mol. The van der Waals surface area contributed by atoms with Crippen molar-refractivity contribution in [1.29, 1.82) is 0 Å². The molecule has 4 nitrogen and oxygen atoms in total. The Bertz CT molecular complexity index is 430. The first-order chi connectivity index (χ1) is 9.67. The molecule has 1 unspecified atom stereocenters. The van der Waals surface area contributed by atoms with Crippen molar-refractivity contribution >= 4 is 0 Å². The Balaban J connectivity index is 2.27. The number of rotatable bonds is 5. The Labute approximate surface area is 121 Å². The molecule has 2 atom stereocenters. The third kappa shape index (κ3) is 3.25. The third-order valence-corrected chi connectivity index (χ3v) is 4.27. The lowest BCUT2D eigenvalue weighted by Gasteiger charge is -2.38. The average Bonchev–Trinajstić information content (AvgIpc) is 2.48. The normalized spacial score (nSPS) is 19.6. The summed E-state index contributed by atoms with van der Waals surface area (Å²) in [5, 5.41) is 13.4. The van der Waals surface area contributed by atoms with Crippen LogP contribution in [0.2, 0.25) is 0 Å². The topological polar surface area (TPSA) is 44.7 Å². The SMILES string of the molecule is CCC(C)[C@H](c1ccc(OC)c(O)c1)N1CCNCC1. The van der Waals surface area contributed by atoms with Gasteiger partial charge in [-0.2, -0.15) is 0 Å². The summed E-state index contributed by atoms with van der Waals surface area (Å²) >= 11 is 0. The minimum Gasteiger partial charge on any atom is -0.504 e. The molecule has 112 valence electrons. The summed E-state index contributed by atoms with van der Waals surface area (Å²) < 4.78 is 5.14. The van der Waals surface area contributed by atoms with E-state index in [1.54, 1.807) is 7.11 Å². The predicted octanol–water partition coefficient (Wildman–Crippen LogP) is 2.39. The number of phenols is 1. The van der Waals surface area contributed by atoms with Crippen LogP contribution in [0.4, 0.5) is 0 Å². The molecule has 1 heterocycles. The van der Waals surface area contributed by atoms with Crippen LogP contribution < -0.4 is 10.1 Å². The number of ether oxygens (including phenoxy) is 1. The van der Waals surface area contributed by atoms with Crippen molar-refractivity contribution < 1.29 is 9.84 Å². The summed E-state index contributed by atoms with van der Waals surface area (Å²) in [5.41, 5.74) is 1.18. The Morgan fingerprint density at radius 1 is 1.35 bits per heavy atom. The number of hydrogen-bond donors (Lipinski definition) is 2. The van der Waals surface area contributed by atoms with Gasteiger partial charge in [-0.15, -0.1) is 0 Å². The summed E-state index contributed by atoms with van der Waals surface area (Å²) in [6.45, 7) is 8.70. The van der Waals surface area contributed by atoms with Gasteiger partial charge in [0.05, 0.1) is 7.11 Å². The summed E-state index contributed by atoms with van der Waals surface area (Å²) in [5.74, 6) is 1.33. The second-order valence-electron chi connectivity index (χ2n) is 5.55. The van der Waals surface area contributed by atoms with Gasteiger partial charge in [-0.25, -0.2) is 0 Å². The van der Waals surface area contributed by atoms with Crippen molar-refractivity contribution in [1.82, 2.24) is 10.2 Å². The standard InChI is InChI=1S/C16H26N2O2/c1-4-12(2)16(18-9-7-17-8-10-18)13-5-6-15(20-3)14(19)11-13/h5-6,11-12,16-17,19H,4,7-10H2,1-3H3/t12?,16-/m1/s1. The van der Waals surface area contributed by atoms with E-state index in [9.17, 15) is 5.11 Å². The highest BCUT2D eigenvalue weighted by molar-refractivity contribution is 5.42. The monoisotopic (exact) mass is 278 g/mol. The van der Waals surface area contributed by atoms with Gasteiger partial charge in [-0.05, 0) is 23.6 Å². The number of nitrogens with one attached hydrogen (secondary N) is 1. The summed E-state index contributed by atoms with van der Waals surface area (Å²) in [7, 11) is 1.58. The van der Waals surface area contributed by atoms with Crippen LogP contribution >= 0.6 is 0 Å². The molecule has 2 rings (SSSR count). The molecule has 0 bridgehead atoms. The minimum absolute atomic E-state index is 0.230. The van der Waals surface area contributed by atoms with Gasteiger partial charge in [-0.3, -0.25) is 4.90 Å². The fourth-order valence-corrected chi connectivity index (χ4v) is 2.97. The predicted molar refractivity (Wildman–Crippen MR) is 81.3 cm³/mol. The Morgan fingerprint density at radius 3 is 2.60 bits per heavy atom. The van der Waals surface area contributed by atoms with Gasteiger partial charge >= 0.3 is 0 Å². The summed E-state index contributed by atoms with van der Waals surface area (Å²) in [6.07, 6.45) is 1.13. The smallest absolute Gasteiger partial charge is 0.160 e. The van der Waals surface area contributed by atoms with E-state index in [-0.39, 0.29) is 5.75 Å². The van der Waals surface area contributed by atoms with E-state index in [4.69, 9.17) is 4.74 Å². The van der Waals surface area contributed by atoms with E-state index in [1.807, 2.05) is 12.1 Å². The minimum atomic E-state index is 0.230. The molecule has 20 heavy (non-hydrogen) atoms. The molecule has 1 fully saturated rings. The van der Waals surface area contributed by atoms with E-state index >= 15 is 0 Å². The maximum atomic E-state index is 10.0. The quantitative estimate of drug-likeness (QED) is 0.868. The van der Waals surface area contributed by atoms with Crippen molar-refractivity contribution in [3.05, 3.63) is 23.8 Å². The fourth-order valence-electron chi connectivity index (χ4n) is 2.97. The van der Waals surface area contributed by atoms with Crippen LogP contribution in [0.15, 0.2) is 18.2 Å². The van der Waals surface area contributed by atoms with Gasteiger partial charge in [0, 0.05) is 32.2 Å². The number of aromatic hydroxyl groups is 1. The van der Waals surface area contributed by atoms with Crippen LogP contribution in [0.25, 0.3) is 0 Å². The molecule has 0 radical (unpaired) electrons. The van der Waals surface area contributed by atoms with E-state index in [2.05, 4.69) is 30.1 Å². The Kier molecular flexibility index (Phi) is 5.26. The lowest BCUT2D eigenvalue weighted by atomic mass is 9.90. The van der Waals surface area contributed by atoms with Crippen LogP contribution in [0.5, 0.6) is 11.5 Å². The number of methoxy groups -OCH3 is 1. The molecule has 1 aromatic carbocycles. The Hall–Kier alpha value is -1.26. The van der Waals surface area contributed by atoms with Crippen molar-refractivity contribution in [3.63, 3.8) is 0 Å². The maximum absolute atomic E-state index is 10.0. The molecule has 2 N–H and O–H groups in total. The zero-order valence-electron chi connectivity index (χ0n) is 12.7. The van der Waals surface area contributed by atoms with Crippen LogP contribution in [0.3, 0.4) is 0 Å². The first-order valence-electron chi connectivity index (χ1n) is 7.49. The summed E-state index contributed by atoms with van der Waals surface area (Å²) in [4.78, 5) is 2.52. The van der Waals surface area contributed by atoms with Crippen molar-refractivity contribution in [2.45, 2.75) is 26.3 Å². The highest BCUT2D eigenvalue weighted by atomic mass is 16.5. The van der Waals surface area contributed by atoms with E-state index < -0.39 is 0 Å². The largest absolute Gasteiger partial charge is 0.504 e. The number of benzene rings is 1. The molecule has 1 aromatic rings. The molecular formula is C16H26N2O2.